The molecule has 1 aromatic heterocycles. The van der Waals surface area contributed by atoms with Crippen molar-refractivity contribution in [2.24, 2.45) is 0 Å². The summed E-state index contributed by atoms with van der Waals surface area (Å²) in [6.45, 7) is 5.10. The van der Waals surface area contributed by atoms with Crippen LogP contribution in [-0.2, 0) is 4.74 Å². The fourth-order valence-corrected chi connectivity index (χ4v) is 2.30. The molecule has 0 saturated heterocycles. The number of nitrogens with zero attached hydrogens (tertiary/aromatic N) is 2. The van der Waals surface area contributed by atoms with Crippen LogP contribution in [0.15, 0.2) is 24.4 Å². The van der Waals surface area contributed by atoms with Crippen LogP contribution in [0.25, 0.3) is 0 Å². The lowest BCUT2D eigenvalue weighted by Gasteiger charge is -2.19. The van der Waals surface area contributed by atoms with Gasteiger partial charge in [-0.05, 0) is 44.2 Å². The second-order valence-corrected chi connectivity index (χ2v) is 6.94. The zero-order valence-corrected chi connectivity index (χ0v) is 14.8. The molecule has 1 amide bonds. The average molecular weight is 381 g/mol. The number of phenolic OH excluding ortho intramolecular Hbond substituents is 1. The number of carbonyl (C=O) groups excluding carboxylic acids is 2. The third-order valence-corrected chi connectivity index (χ3v) is 3.52. The van der Waals surface area contributed by atoms with Crippen LogP contribution < -0.4 is 10.1 Å². The molecule has 1 aromatic carbocycles. The maximum Gasteiger partial charge on any atom is 0.412 e. The van der Waals surface area contributed by atoms with Gasteiger partial charge in [0.15, 0.2) is 0 Å². The highest BCUT2D eigenvalue weighted by molar-refractivity contribution is 7.16. The fourth-order valence-electron chi connectivity index (χ4n) is 1.72. The summed E-state index contributed by atoms with van der Waals surface area (Å²) in [6.07, 6.45) is 0.239. The first-order chi connectivity index (χ1) is 12.0. The Balaban J connectivity index is 2.07. The van der Waals surface area contributed by atoms with Crippen LogP contribution in [0.3, 0.4) is 0 Å². The number of aromatic hydroxyl groups is 1. The van der Waals surface area contributed by atoms with Gasteiger partial charge >= 0.3 is 17.1 Å². The van der Waals surface area contributed by atoms with Gasteiger partial charge in [-0.1, -0.05) is 0 Å². The number of esters is 1. The highest BCUT2D eigenvalue weighted by Gasteiger charge is 2.20. The molecule has 0 bridgehead atoms. The average Bonchev–Trinajstić information content (AvgIpc) is 2.93. The van der Waals surface area contributed by atoms with E-state index < -0.39 is 28.3 Å². The summed E-state index contributed by atoms with van der Waals surface area (Å²) in [5, 5.41) is 22.5. The highest BCUT2D eigenvalue weighted by Crippen LogP contribution is 2.29. The SMILES string of the molecule is CC(C)(C)OC(=O)Nc1ccc(C(=O)Oc2ncc([N+](=O)[O-])s2)c(O)c1. The highest BCUT2D eigenvalue weighted by atomic mass is 32.1. The third-order valence-electron chi connectivity index (χ3n) is 2.70. The molecule has 2 rings (SSSR count). The van der Waals surface area contributed by atoms with Crippen LogP contribution in [0.2, 0.25) is 0 Å². The summed E-state index contributed by atoms with van der Waals surface area (Å²) in [4.78, 5) is 37.3. The number of hydrogen-bond acceptors (Lipinski definition) is 9. The molecule has 2 N–H and O–H groups in total. The second kappa shape index (κ2) is 7.35. The molecular weight excluding hydrogens is 366 g/mol. The third kappa shape index (κ3) is 5.14. The number of rotatable bonds is 4. The predicted octanol–water partition coefficient (Wildman–Crippen LogP) is 3.32. The monoisotopic (exact) mass is 381 g/mol. The van der Waals surface area contributed by atoms with Crippen LogP contribution in [0.1, 0.15) is 31.1 Å². The van der Waals surface area contributed by atoms with Gasteiger partial charge in [-0.3, -0.25) is 15.4 Å². The van der Waals surface area contributed by atoms with Gasteiger partial charge in [-0.2, -0.15) is 0 Å². The largest absolute Gasteiger partial charge is 0.507 e. The summed E-state index contributed by atoms with van der Waals surface area (Å²) < 4.78 is 9.97. The Labute approximate surface area is 151 Å². The number of nitro groups is 1. The van der Waals surface area contributed by atoms with Gasteiger partial charge < -0.3 is 14.6 Å². The lowest BCUT2D eigenvalue weighted by molar-refractivity contribution is -0.380. The first-order valence-electron chi connectivity index (χ1n) is 7.20. The zero-order chi connectivity index (χ0) is 19.5. The van der Waals surface area contributed by atoms with E-state index in [1.165, 1.54) is 12.1 Å². The molecule has 0 radical (unpaired) electrons. The van der Waals surface area contributed by atoms with E-state index in [1.807, 2.05) is 0 Å². The topological polar surface area (TPSA) is 141 Å². The van der Waals surface area contributed by atoms with Crippen LogP contribution in [0.4, 0.5) is 15.5 Å². The van der Waals surface area contributed by atoms with Gasteiger partial charge in [-0.25, -0.2) is 14.6 Å². The molecule has 0 unspecified atom stereocenters. The van der Waals surface area contributed by atoms with Gasteiger partial charge in [0.2, 0.25) is 0 Å². The maximum atomic E-state index is 12.0. The summed E-state index contributed by atoms with van der Waals surface area (Å²) in [5.74, 6) is -1.40. The Bertz CT molecular complexity index is 857. The lowest BCUT2D eigenvalue weighted by Crippen LogP contribution is -2.27. The van der Waals surface area contributed by atoms with Gasteiger partial charge in [0.25, 0.3) is 5.19 Å². The predicted molar refractivity (Wildman–Crippen MR) is 91.7 cm³/mol. The smallest absolute Gasteiger partial charge is 0.412 e. The van der Waals surface area contributed by atoms with Gasteiger partial charge in [-0.15, -0.1) is 0 Å². The van der Waals surface area contributed by atoms with Crippen LogP contribution in [-0.4, -0.2) is 32.7 Å². The lowest BCUT2D eigenvalue weighted by atomic mass is 10.2. The van der Waals surface area contributed by atoms with Crippen LogP contribution in [0, 0.1) is 10.1 Å². The van der Waals surface area contributed by atoms with Crippen molar-refractivity contribution in [3.8, 4) is 10.9 Å². The molecular formula is C15H15N3O7S. The standard InChI is InChI=1S/C15H15N3O7S/c1-15(2,3)25-13(21)17-8-4-5-9(10(19)6-8)12(20)24-14-16-7-11(26-14)18(22)23/h4-7,19H,1-3H3,(H,17,21). The summed E-state index contributed by atoms with van der Waals surface area (Å²) in [7, 11) is 0. The number of thiazole rings is 1. The molecule has 0 spiro atoms. The molecule has 0 aliphatic heterocycles. The van der Waals surface area contributed by atoms with E-state index in [0.717, 1.165) is 12.3 Å². The number of ether oxygens (including phenoxy) is 2. The van der Waals surface area contributed by atoms with Crippen molar-refractivity contribution in [3.05, 3.63) is 40.1 Å². The van der Waals surface area contributed by atoms with E-state index in [1.54, 1.807) is 20.8 Å². The van der Waals surface area contributed by atoms with Crippen LogP contribution >= 0.6 is 11.3 Å². The Hall–Kier alpha value is -3.21. The van der Waals surface area contributed by atoms with E-state index in [0.29, 0.717) is 11.3 Å². The van der Waals surface area contributed by atoms with E-state index in [2.05, 4.69) is 10.3 Å². The van der Waals surface area contributed by atoms with E-state index in [-0.39, 0.29) is 21.4 Å². The van der Waals surface area contributed by atoms with E-state index in [9.17, 15) is 24.8 Å². The molecule has 0 saturated carbocycles. The summed E-state index contributed by atoms with van der Waals surface area (Å²) >= 11 is 0.578. The van der Waals surface area contributed by atoms with Gasteiger partial charge in [0.05, 0.1) is 4.92 Å². The Morgan fingerprint density at radius 3 is 2.58 bits per heavy atom. The van der Waals surface area contributed by atoms with Crippen molar-refractivity contribution in [3.63, 3.8) is 0 Å². The molecule has 0 atom stereocenters. The molecule has 10 nitrogen and oxygen atoms in total. The number of nitrogens with one attached hydrogen (secondary N) is 1. The first kappa shape index (κ1) is 19.1. The molecule has 2 aromatic rings. The van der Waals surface area contributed by atoms with Crippen molar-refractivity contribution in [2.45, 2.75) is 26.4 Å². The van der Waals surface area contributed by atoms with Crippen molar-refractivity contribution in [2.75, 3.05) is 5.32 Å². The quantitative estimate of drug-likeness (QED) is 0.467. The number of aromatic nitrogens is 1. The fraction of sp³-hybridized carbons (Fsp3) is 0.267. The number of anilines is 1. The molecule has 0 aliphatic carbocycles. The normalized spacial score (nSPS) is 10.9. The molecule has 1 heterocycles. The van der Waals surface area contributed by atoms with Crippen LogP contribution in [0.5, 0.6) is 10.9 Å². The van der Waals surface area contributed by atoms with Gasteiger partial charge in [0.1, 0.15) is 23.1 Å². The minimum atomic E-state index is -0.949. The summed E-state index contributed by atoms with van der Waals surface area (Å²) in [6, 6.07) is 3.74. The molecule has 0 fully saturated rings. The second-order valence-electron chi connectivity index (χ2n) is 5.97. The van der Waals surface area contributed by atoms with Crippen molar-refractivity contribution >= 4 is 34.1 Å². The number of benzene rings is 1. The van der Waals surface area contributed by atoms with Crippen molar-refractivity contribution in [1.29, 1.82) is 0 Å². The Morgan fingerprint density at radius 1 is 1.35 bits per heavy atom. The van der Waals surface area contributed by atoms with Crippen molar-refractivity contribution in [1.82, 2.24) is 4.98 Å². The number of phenols is 1. The number of hydrogen-bond donors (Lipinski definition) is 2. The Kier molecular flexibility index (Phi) is 5.41. The molecule has 26 heavy (non-hydrogen) atoms. The molecule has 138 valence electrons. The van der Waals surface area contributed by atoms with E-state index >= 15 is 0 Å². The molecule has 0 aliphatic rings. The number of amides is 1. The first-order valence-corrected chi connectivity index (χ1v) is 8.02. The zero-order valence-electron chi connectivity index (χ0n) is 14.0. The van der Waals surface area contributed by atoms with Crippen molar-refractivity contribution < 1.29 is 29.1 Å². The van der Waals surface area contributed by atoms with E-state index in [4.69, 9.17) is 9.47 Å². The number of carbonyl (C=O) groups is 2. The maximum absolute atomic E-state index is 12.0. The minimum absolute atomic E-state index is 0.197. The molecule has 11 heteroatoms. The summed E-state index contributed by atoms with van der Waals surface area (Å²) in [5.41, 5.74) is -0.678. The minimum Gasteiger partial charge on any atom is -0.507 e. The van der Waals surface area contributed by atoms with Gasteiger partial charge in [0, 0.05) is 11.8 Å². The Morgan fingerprint density at radius 2 is 2.04 bits per heavy atom.